The van der Waals surface area contributed by atoms with Gasteiger partial charge in [0.1, 0.15) is 29.0 Å². The first-order valence-corrected chi connectivity index (χ1v) is 13.9. The largest absolute Gasteiger partial charge is 0.437 e. The number of furan rings is 1. The lowest BCUT2D eigenvalue weighted by atomic mass is 10.00. The van der Waals surface area contributed by atoms with Gasteiger partial charge in [-0.15, -0.1) is 0 Å². The number of benzene rings is 1. The number of carbonyl (C=O) groups excluding carboxylic acids is 3. The lowest BCUT2D eigenvalue weighted by molar-refractivity contribution is -0.127. The average molecular weight is 530 g/mol. The Hall–Kier alpha value is -3.60. The molecule has 0 bridgehead atoms. The molecule has 4 rings (SSSR count). The standard InChI is InChI=1S/C26H28FN3O6S/c1-4-15-14-19-22(25(33)28-2)23(16-7-9-17(27)10-8-16)36-26(19)29-24(15)30(37(3,34)35)13-5-6-18-20(31)11-12-21(18)32/h7-10,14,18H,4-6,11-13H2,1-3H3,(H,28,33). The van der Waals surface area contributed by atoms with Gasteiger partial charge in [0.05, 0.1) is 23.1 Å². The van der Waals surface area contributed by atoms with Crippen LogP contribution in [0.25, 0.3) is 22.4 Å². The highest BCUT2D eigenvalue weighted by atomic mass is 32.2. The quantitative estimate of drug-likeness (QED) is 0.419. The van der Waals surface area contributed by atoms with Crippen molar-refractivity contribution in [3.63, 3.8) is 0 Å². The Morgan fingerprint density at radius 1 is 1.19 bits per heavy atom. The van der Waals surface area contributed by atoms with Crippen LogP contribution in [-0.4, -0.2) is 50.7 Å². The summed E-state index contributed by atoms with van der Waals surface area (Å²) in [6.45, 7) is 1.86. The molecule has 0 saturated heterocycles. The number of carbonyl (C=O) groups is 3. The van der Waals surface area contributed by atoms with Crippen LogP contribution >= 0.6 is 0 Å². The minimum atomic E-state index is -3.78. The van der Waals surface area contributed by atoms with E-state index in [1.807, 2.05) is 6.92 Å². The van der Waals surface area contributed by atoms with Crippen LogP contribution in [0.15, 0.2) is 34.7 Å². The smallest absolute Gasteiger partial charge is 0.255 e. The summed E-state index contributed by atoms with van der Waals surface area (Å²) in [5, 5.41) is 2.98. The molecule has 9 nitrogen and oxygen atoms in total. The van der Waals surface area contributed by atoms with Crippen molar-refractivity contribution in [2.45, 2.75) is 39.0 Å². The molecule has 3 aromatic rings. The fourth-order valence-corrected chi connectivity index (χ4v) is 5.58. The van der Waals surface area contributed by atoms with Crippen molar-refractivity contribution >= 4 is 44.4 Å². The number of hydrogen-bond acceptors (Lipinski definition) is 7. The number of nitrogens with zero attached hydrogens (tertiary/aromatic N) is 2. The molecule has 2 aromatic heterocycles. The van der Waals surface area contributed by atoms with Crippen molar-refractivity contribution in [3.05, 3.63) is 47.3 Å². The lowest BCUT2D eigenvalue weighted by Crippen LogP contribution is -2.33. The number of Topliss-reactive ketones (excluding diaryl/α,β-unsaturated/α-hetero) is 2. The van der Waals surface area contributed by atoms with Crippen molar-refractivity contribution in [2.75, 3.05) is 24.2 Å². The SMILES string of the molecule is CCc1cc2c(C(=O)NC)c(-c3ccc(F)cc3)oc2nc1N(CCCC1C(=O)CCC1=O)S(C)(=O)=O. The van der Waals surface area contributed by atoms with Crippen LogP contribution in [0, 0.1) is 11.7 Å². The van der Waals surface area contributed by atoms with Gasteiger partial charge in [-0.3, -0.25) is 18.7 Å². The highest BCUT2D eigenvalue weighted by Crippen LogP contribution is 2.36. The maximum atomic E-state index is 13.5. The Balaban J connectivity index is 1.78. The van der Waals surface area contributed by atoms with E-state index >= 15 is 0 Å². The van der Waals surface area contributed by atoms with Gasteiger partial charge in [-0.2, -0.15) is 4.98 Å². The Labute approximate surface area is 214 Å². The van der Waals surface area contributed by atoms with E-state index in [1.165, 1.54) is 31.3 Å². The zero-order valence-corrected chi connectivity index (χ0v) is 21.7. The predicted molar refractivity (Wildman–Crippen MR) is 136 cm³/mol. The summed E-state index contributed by atoms with van der Waals surface area (Å²) in [7, 11) is -2.31. The molecular weight excluding hydrogens is 501 g/mol. The fraction of sp³-hybridized carbons (Fsp3) is 0.385. The number of nitrogens with one attached hydrogen (secondary N) is 1. The number of hydrogen-bond donors (Lipinski definition) is 1. The zero-order chi connectivity index (χ0) is 26.9. The normalized spacial score (nSPS) is 14.5. The monoisotopic (exact) mass is 529 g/mol. The number of fused-ring (bicyclic) bond motifs is 1. The van der Waals surface area contributed by atoms with E-state index in [4.69, 9.17) is 4.42 Å². The molecule has 1 fully saturated rings. The van der Waals surface area contributed by atoms with E-state index in [9.17, 15) is 27.2 Å². The molecule has 0 aliphatic heterocycles. The third-order valence-corrected chi connectivity index (χ3v) is 7.72. The first-order valence-electron chi connectivity index (χ1n) is 12.0. The number of ketones is 2. The summed E-state index contributed by atoms with van der Waals surface area (Å²) >= 11 is 0. The van der Waals surface area contributed by atoms with Gasteiger partial charge < -0.3 is 9.73 Å². The van der Waals surface area contributed by atoms with Gasteiger partial charge in [0.2, 0.25) is 15.7 Å². The molecule has 1 amide bonds. The van der Waals surface area contributed by atoms with Gasteiger partial charge in [-0.25, -0.2) is 12.8 Å². The average Bonchev–Trinajstić information content (AvgIpc) is 3.39. The summed E-state index contributed by atoms with van der Waals surface area (Å²) in [5.74, 6) is -1.42. The molecule has 1 aromatic carbocycles. The summed E-state index contributed by atoms with van der Waals surface area (Å²) in [6.07, 6.45) is 2.50. The number of aryl methyl sites for hydroxylation is 1. The number of halogens is 1. The molecule has 0 radical (unpaired) electrons. The molecule has 37 heavy (non-hydrogen) atoms. The van der Waals surface area contributed by atoms with Crippen molar-refractivity contribution in [1.82, 2.24) is 10.3 Å². The number of rotatable bonds is 9. The van der Waals surface area contributed by atoms with Crippen molar-refractivity contribution < 1.29 is 31.6 Å². The van der Waals surface area contributed by atoms with Gasteiger partial charge in [0, 0.05) is 32.0 Å². The van der Waals surface area contributed by atoms with Crippen molar-refractivity contribution in [3.8, 4) is 11.3 Å². The van der Waals surface area contributed by atoms with E-state index in [2.05, 4.69) is 10.3 Å². The molecular formula is C26H28FN3O6S. The Morgan fingerprint density at radius 3 is 2.41 bits per heavy atom. The summed E-state index contributed by atoms with van der Waals surface area (Å²) in [4.78, 5) is 41.3. The zero-order valence-electron chi connectivity index (χ0n) is 20.8. The molecule has 1 aliphatic carbocycles. The highest BCUT2D eigenvalue weighted by molar-refractivity contribution is 7.92. The highest BCUT2D eigenvalue weighted by Gasteiger charge is 2.33. The molecule has 0 spiro atoms. The van der Waals surface area contributed by atoms with Crippen molar-refractivity contribution in [1.29, 1.82) is 0 Å². The second kappa shape index (κ2) is 10.4. The first kappa shape index (κ1) is 26.5. The molecule has 1 aliphatic rings. The van der Waals surface area contributed by atoms with Crippen molar-refractivity contribution in [2.24, 2.45) is 5.92 Å². The van der Waals surface area contributed by atoms with Gasteiger partial charge in [-0.1, -0.05) is 6.92 Å². The third-order valence-electron chi connectivity index (χ3n) is 6.57. The maximum Gasteiger partial charge on any atom is 0.255 e. The fourth-order valence-electron chi connectivity index (χ4n) is 4.65. The Kier molecular flexibility index (Phi) is 7.44. The van der Waals surface area contributed by atoms with Crippen LogP contribution in [-0.2, 0) is 26.0 Å². The Bertz CT molecular complexity index is 1460. The molecule has 196 valence electrons. The third kappa shape index (κ3) is 5.27. The van der Waals surface area contributed by atoms with Gasteiger partial charge in [-0.05, 0) is 55.2 Å². The lowest BCUT2D eigenvalue weighted by Gasteiger charge is -2.24. The summed E-state index contributed by atoms with van der Waals surface area (Å²) in [5.41, 5.74) is 1.30. The molecule has 1 N–H and O–H groups in total. The number of pyridine rings is 1. The van der Waals surface area contributed by atoms with Crippen LogP contribution in [0.5, 0.6) is 0 Å². The van der Waals surface area contributed by atoms with Gasteiger partial charge in [0.25, 0.3) is 5.91 Å². The number of anilines is 1. The van der Waals surface area contributed by atoms with Crippen LogP contribution in [0.1, 0.15) is 48.5 Å². The van der Waals surface area contributed by atoms with Gasteiger partial charge in [0.15, 0.2) is 0 Å². The number of amides is 1. The first-order chi connectivity index (χ1) is 17.5. The van der Waals surface area contributed by atoms with Crippen LogP contribution in [0.2, 0.25) is 0 Å². The maximum absolute atomic E-state index is 13.5. The number of aromatic nitrogens is 1. The van der Waals surface area contributed by atoms with E-state index in [0.717, 1.165) is 10.6 Å². The molecule has 0 atom stereocenters. The molecule has 11 heteroatoms. The van der Waals surface area contributed by atoms with Crippen LogP contribution in [0.3, 0.4) is 0 Å². The second-order valence-electron chi connectivity index (χ2n) is 9.03. The van der Waals surface area contributed by atoms with E-state index < -0.39 is 27.7 Å². The summed E-state index contributed by atoms with van der Waals surface area (Å²) < 4.78 is 46.2. The molecule has 2 heterocycles. The van der Waals surface area contributed by atoms with Crippen LogP contribution in [0.4, 0.5) is 10.2 Å². The predicted octanol–water partition coefficient (Wildman–Crippen LogP) is 3.65. The minimum Gasteiger partial charge on any atom is -0.437 e. The van der Waals surface area contributed by atoms with Gasteiger partial charge >= 0.3 is 0 Å². The minimum absolute atomic E-state index is 0.0230. The van der Waals surface area contributed by atoms with E-state index in [1.54, 1.807) is 6.07 Å². The van der Waals surface area contributed by atoms with Crippen LogP contribution < -0.4 is 9.62 Å². The molecule has 0 unspecified atom stereocenters. The topological polar surface area (TPSA) is 127 Å². The molecule has 1 saturated carbocycles. The second-order valence-corrected chi connectivity index (χ2v) is 10.9. The van der Waals surface area contributed by atoms with E-state index in [0.29, 0.717) is 29.4 Å². The Morgan fingerprint density at radius 2 is 1.84 bits per heavy atom. The van der Waals surface area contributed by atoms with E-state index in [-0.39, 0.29) is 60.2 Å². The summed E-state index contributed by atoms with van der Waals surface area (Å²) in [6, 6.07) is 7.14. The number of sulfonamides is 1.